The summed E-state index contributed by atoms with van der Waals surface area (Å²) in [7, 11) is 0. The molecule has 0 amide bonds. The number of thioether (sulfide) groups is 1. The summed E-state index contributed by atoms with van der Waals surface area (Å²) in [4.78, 5) is 2.50. The van der Waals surface area contributed by atoms with Gasteiger partial charge in [0.1, 0.15) is 0 Å². The molecule has 0 spiro atoms. The fraction of sp³-hybridized carbons (Fsp3) is 0.600. The maximum absolute atomic E-state index is 3.71. The van der Waals surface area contributed by atoms with Gasteiger partial charge in [-0.2, -0.15) is 11.8 Å². The van der Waals surface area contributed by atoms with Crippen LogP contribution in [0.25, 0.3) is 0 Å². The van der Waals surface area contributed by atoms with E-state index in [9.17, 15) is 0 Å². The second-order valence-electron chi connectivity index (χ2n) is 5.36. The molecule has 2 saturated heterocycles. The molecule has 0 saturated carbocycles. The highest BCUT2D eigenvalue weighted by Gasteiger charge is 2.23. The maximum atomic E-state index is 3.71. The van der Waals surface area contributed by atoms with E-state index in [1.165, 1.54) is 49.5 Å². The van der Waals surface area contributed by atoms with E-state index < -0.39 is 0 Å². The van der Waals surface area contributed by atoms with Crippen LogP contribution in [0.5, 0.6) is 0 Å². The first kappa shape index (κ1) is 12.2. The van der Waals surface area contributed by atoms with Crippen LogP contribution in [-0.2, 0) is 0 Å². The van der Waals surface area contributed by atoms with Crippen molar-refractivity contribution in [2.75, 3.05) is 29.1 Å². The average molecular weight is 262 g/mol. The Morgan fingerprint density at radius 3 is 2.83 bits per heavy atom. The molecule has 3 heteroatoms. The highest BCUT2D eigenvalue weighted by molar-refractivity contribution is 8.00. The number of hydrogen-bond donors (Lipinski definition) is 1. The number of rotatable bonds is 3. The minimum atomic E-state index is 0.642. The van der Waals surface area contributed by atoms with Crippen molar-refractivity contribution in [1.29, 1.82) is 0 Å². The van der Waals surface area contributed by atoms with E-state index >= 15 is 0 Å². The van der Waals surface area contributed by atoms with Gasteiger partial charge in [0.15, 0.2) is 0 Å². The predicted octanol–water partition coefficient (Wildman–Crippen LogP) is 3.59. The lowest BCUT2D eigenvalue weighted by Gasteiger charge is -2.21. The smallest absolute Gasteiger partial charge is 0.0386 e. The molecule has 2 aliphatic heterocycles. The second kappa shape index (κ2) is 5.43. The number of benzene rings is 1. The molecule has 0 aromatic heterocycles. The predicted molar refractivity (Wildman–Crippen MR) is 81.8 cm³/mol. The monoisotopic (exact) mass is 262 g/mol. The van der Waals surface area contributed by atoms with Crippen molar-refractivity contribution in [3.63, 3.8) is 0 Å². The van der Waals surface area contributed by atoms with E-state index in [0.29, 0.717) is 6.04 Å². The minimum Gasteiger partial charge on any atom is -0.381 e. The first-order valence-electron chi connectivity index (χ1n) is 7.06. The fourth-order valence-electron chi connectivity index (χ4n) is 2.90. The zero-order valence-corrected chi connectivity index (χ0v) is 11.9. The third-order valence-electron chi connectivity index (χ3n) is 4.05. The molecule has 2 heterocycles. The van der Waals surface area contributed by atoms with E-state index in [2.05, 4.69) is 53.2 Å². The lowest BCUT2D eigenvalue weighted by Crippen LogP contribution is -2.25. The van der Waals surface area contributed by atoms with Gasteiger partial charge in [-0.25, -0.2) is 0 Å². The van der Waals surface area contributed by atoms with Crippen LogP contribution in [0.2, 0.25) is 0 Å². The molecule has 2 aliphatic rings. The Morgan fingerprint density at radius 1 is 1.28 bits per heavy atom. The number of hydrogen-bond acceptors (Lipinski definition) is 3. The van der Waals surface area contributed by atoms with Gasteiger partial charge in [-0.05, 0) is 43.2 Å². The Kier molecular flexibility index (Phi) is 3.69. The largest absolute Gasteiger partial charge is 0.381 e. The van der Waals surface area contributed by atoms with Crippen LogP contribution in [-0.4, -0.2) is 30.1 Å². The summed E-state index contributed by atoms with van der Waals surface area (Å²) in [6, 6.07) is 9.59. The van der Waals surface area contributed by atoms with Gasteiger partial charge >= 0.3 is 0 Å². The average Bonchev–Trinajstić information content (AvgIpc) is 3.02. The van der Waals surface area contributed by atoms with E-state index in [1.54, 1.807) is 0 Å². The van der Waals surface area contributed by atoms with E-state index in [-0.39, 0.29) is 0 Å². The van der Waals surface area contributed by atoms with Gasteiger partial charge in [0.05, 0.1) is 0 Å². The SMILES string of the molecule is CC1SCCC1Nc1cccc(N2CCCC2)c1. The molecule has 3 rings (SSSR count). The Morgan fingerprint density at radius 2 is 2.11 bits per heavy atom. The Bertz CT molecular complexity index is 401. The molecule has 0 bridgehead atoms. The van der Waals surface area contributed by atoms with Crippen LogP contribution in [0.4, 0.5) is 11.4 Å². The molecule has 2 fully saturated rings. The minimum absolute atomic E-state index is 0.642. The Hall–Kier alpha value is -0.830. The topological polar surface area (TPSA) is 15.3 Å². The summed E-state index contributed by atoms with van der Waals surface area (Å²) < 4.78 is 0. The third kappa shape index (κ3) is 2.61. The summed E-state index contributed by atoms with van der Waals surface area (Å²) in [5, 5.41) is 4.44. The van der Waals surface area contributed by atoms with Gasteiger partial charge in [0, 0.05) is 35.8 Å². The van der Waals surface area contributed by atoms with Crippen molar-refractivity contribution in [3.8, 4) is 0 Å². The summed E-state index contributed by atoms with van der Waals surface area (Å²) in [6.07, 6.45) is 3.97. The van der Waals surface area contributed by atoms with Crippen molar-refractivity contribution in [1.82, 2.24) is 0 Å². The van der Waals surface area contributed by atoms with Crippen molar-refractivity contribution in [2.45, 2.75) is 37.5 Å². The molecule has 0 radical (unpaired) electrons. The molecule has 1 N–H and O–H groups in total. The lowest BCUT2D eigenvalue weighted by atomic mass is 10.1. The molecule has 1 aromatic carbocycles. The first-order chi connectivity index (χ1) is 8.83. The van der Waals surface area contributed by atoms with Gasteiger partial charge in [-0.3, -0.25) is 0 Å². The van der Waals surface area contributed by atoms with Gasteiger partial charge in [-0.15, -0.1) is 0 Å². The van der Waals surface area contributed by atoms with Crippen LogP contribution in [0.15, 0.2) is 24.3 Å². The quantitative estimate of drug-likeness (QED) is 0.896. The zero-order valence-electron chi connectivity index (χ0n) is 11.1. The van der Waals surface area contributed by atoms with E-state index in [0.717, 1.165) is 5.25 Å². The highest BCUT2D eigenvalue weighted by atomic mass is 32.2. The number of nitrogens with zero attached hydrogens (tertiary/aromatic N) is 1. The Balaban J connectivity index is 1.70. The molecular weight excluding hydrogens is 240 g/mol. The van der Waals surface area contributed by atoms with Crippen LogP contribution >= 0.6 is 11.8 Å². The summed E-state index contributed by atoms with van der Waals surface area (Å²) in [5.41, 5.74) is 2.68. The van der Waals surface area contributed by atoms with Crippen LogP contribution in [0, 0.1) is 0 Å². The van der Waals surface area contributed by atoms with Gasteiger partial charge in [0.2, 0.25) is 0 Å². The van der Waals surface area contributed by atoms with Crippen LogP contribution in [0.3, 0.4) is 0 Å². The number of nitrogens with one attached hydrogen (secondary N) is 1. The van der Waals surface area contributed by atoms with Gasteiger partial charge < -0.3 is 10.2 Å². The highest BCUT2D eigenvalue weighted by Crippen LogP contribution is 2.30. The van der Waals surface area contributed by atoms with Crippen molar-refractivity contribution in [2.24, 2.45) is 0 Å². The molecule has 98 valence electrons. The molecule has 2 unspecified atom stereocenters. The first-order valence-corrected chi connectivity index (χ1v) is 8.11. The molecule has 1 aromatic rings. The molecular formula is C15H22N2S. The second-order valence-corrected chi connectivity index (χ2v) is 6.85. The lowest BCUT2D eigenvalue weighted by molar-refractivity contribution is 0.724. The number of anilines is 2. The van der Waals surface area contributed by atoms with Crippen molar-refractivity contribution in [3.05, 3.63) is 24.3 Å². The van der Waals surface area contributed by atoms with Crippen molar-refractivity contribution < 1.29 is 0 Å². The molecule has 18 heavy (non-hydrogen) atoms. The Labute approximate surface area is 114 Å². The maximum Gasteiger partial charge on any atom is 0.0386 e. The molecule has 2 atom stereocenters. The van der Waals surface area contributed by atoms with Crippen LogP contribution < -0.4 is 10.2 Å². The van der Waals surface area contributed by atoms with E-state index in [1.807, 2.05) is 0 Å². The van der Waals surface area contributed by atoms with Gasteiger partial charge in [0.25, 0.3) is 0 Å². The zero-order chi connectivity index (χ0) is 12.4. The summed E-state index contributed by atoms with van der Waals surface area (Å²) in [6.45, 7) is 4.78. The summed E-state index contributed by atoms with van der Waals surface area (Å²) in [5.74, 6) is 1.30. The van der Waals surface area contributed by atoms with Gasteiger partial charge in [-0.1, -0.05) is 13.0 Å². The standard InChI is InChI=1S/C15H22N2S/c1-12-15(7-10-18-12)16-13-5-4-6-14(11-13)17-8-2-3-9-17/h4-6,11-12,15-16H,2-3,7-10H2,1H3. The van der Waals surface area contributed by atoms with Crippen LogP contribution in [0.1, 0.15) is 26.2 Å². The molecule has 0 aliphatic carbocycles. The van der Waals surface area contributed by atoms with E-state index in [4.69, 9.17) is 0 Å². The normalized spacial score (nSPS) is 27.7. The fourth-order valence-corrected chi connectivity index (χ4v) is 4.10. The summed E-state index contributed by atoms with van der Waals surface area (Å²) >= 11 is 2.08. The van der Waals surface area contributed by atoms with Crippen molar-refractivity contribution >= 4 is 23.1 Å². The third-order valence-corrected chi connectivity index (χ3v) is 5.37. The molecule has 2 nitrogen and oxygen atoms in total.